The molecule has 15 heavy (non-hydrogen) atoms. The SMILES string of the molecule is c1cc(C2CCNCC2)c2n[nH]nc2c1. The molecule has 0 unspecified atom stereocenters. The van der Waals surface area contributed by atoms with Crippen molar-refractivity contribution in [3.63, 3.8) is 0 Å². The van der Waals surface area contributed by atoms with Gasteiger partial charge in [0.05, 0.1) is 0 Å². The smallest absolute Gasteiger partial charge is 0.116 e. The van der Waals surface area contributed by atoms with Gasteiger partial charge < -0.3 is 5.32 Å². The third-order valence-electron chi connectivity index (χ3n) is 3.16. The van der Waals surface area contributed by atoms with Crippen LogP contribution in [0.5, 0.6) is 0 Å². The quantitative estimate of drug-likeness (QED) is 0.735. The Labute approximate surface area is 88.1 Å². The van der Waals surface area contributed by atoms with Crippen LogP contribution in [-0.4, -0.2) is 28.5 Å². The standard InChI is InChI=1S/C11H14N4/c1-2-9(8-4-6-12-7-5-8)11-10(3-1)13-15-14-11/h1-3,8,12H,4-7H2,(H,13,14,15). The normalized spacial score (nSPS) is 18.4. The Balaban J connectivity index is 2.05. The van der Waals surface area contributed by atoms with Crippen molar-refractivity contribution in [2.45, 2.75) is 18.8 Å². The Bertz CT molecular complexity index is 456. The Morgan fingerprint density at radius 3 is 2.87 bits per heavy atom. The van der Waals surface area contributed by atoms with E-state index in [1.54, 1.807) is 0 Å². The lowest BCUT2D eigenvalue weighted by atomic mass is 9.89. The maximum atomic E-state index is 4.24. The lowest BCUT2D eigenvalue weighted by molar-refractivity contribution is 0.462. The largest absolute Gasteiger partial charge is 0.317 e. The first-order valence-electron chi connectivity index (χ1n) is 5.45. The summed E-state index contributed by atoms with van der Waals surface area (Å²) in [6, 6.07) is 6.26. The lowest BCUT2D eigenvalue weighted by Gasteiger charge is -2.22. The van der Waals surface area contributed by atoms with Crippen molar-refractivity contribution in [3.8, 4) is 0 Å². The monoisotopic (exact) mass is 202 g/mol. The Hall–Kier alpha value is -1.42. The number of nitrogens with zero attached hydrogens (tertiary/aromatic N) is 2. The van der Waals surface area contributed by atoms with Gasteiger partial charge in [0, 0.05) is 0 Å². The molecule has 1 aromatic heterocycles. The van der Waals surface area contributed by atoms with Gasteiger partial charge in [-0.05, 0) is 43.5 Å². The summed E-state index contributed by atoms with van der Waals surface area (Å²) in [5.74, 6) is 0.639. The number of H-pyrrole nitrogens is 1. The lowest BCUT2D eigenvalue weighted by Crippen LogP contribution is -2.26. The Kier molecular flexibility index (Phi) is 2.14. The fourth-order valence-electron chi connectivity index (χ4n) is 2.35. The molecular weight excluding hydrogens is 188 g/mol. The molecule has 1 fully saturated rings. The van der Waals surface area contributed by atoms with Crippen LogP contribution in [0.15, 0.2) is 18.2 Å². The van der Waals surface area contributed by atoms with Crippen LogP contribution in [0.4, 0.5) is 0 Å². The number of para-hydroxylation sites is 1. The van der Waals surface area contributed by atoms with Gasteiger partial charge in [-0.2, -0.15) is 15.4 Å². The number of nitrogens with one attached hydrogen (secondary N) is 2. The van der Waals surface area contributed by atoms with E-state index in [2.05, 4.69) is 32.9 Å². The van der Waals surface area contributed by atoms with Gasteiger partial charge in [-0.1, -0.05) is 12.1 Å². The minimum Gasteiger partial charge on any atom is -0.317 e. The van der Waals surface area contributed by atoms with Gasteiger partial charge in [-0.3, -0.25) is 0 Å². The van der Waals surface area contributed by atoms with E-state index in [1.165, 1.54) is 18.4 Å². The van der Waals surface area contributed by atoms with E-state index >= 15 is 0 Å². The zero-order valence-electron chi connectivity index (χ0n) is 8.53. The van der Waals surface area contributed by atoms with Crippen molar-refractivity contribution >= 4 is 11.0 Å². The van der Waals surface area contributed by atoms with Crippen LogP contribution in [0.3, 0.4) is 0 Å². The highest BCUT2D eigenvalue weighted by Crippen LogP contribution is 2.29. The number of rotatable bonds is 1. The van der Waals surface area contributed by atoms with Crippen LogP contribution in [0.25, 0.3) is 11.0 Å². The molecule has 2 heterocycles. The summed E-state index contributed by atoms with van der Waals surface area (Å²) < 4.78 is 0. The van der Waals surface area contributed by atoms with Gasteiger partial charge in [0.1, 0.15) is 11.0 Å². The first-order valence-corrected chi connectivity index (χ1v) is 5.45. The first-order chi connectivity index (χ1) is 7.45. The molecule has 1 saturated heterocycles. The molecule has 1 aliphatic rings. The molecule has 4 nitrogen and oxygen atoms in total. The van der Waals surface area contributed by atoms with E-state index in [4.69, 9.17) is 0 Å². The van der Waals surface area contributed by atoms with Gasteiger partial charge in [0.15, 0.2) is 0 Å². The van der Waals surface area contributed by atoms with Crippen molar-refractivity contribution in [2.24, 2.45) is 0 Å². The second kappa shape index (κ2) is 3.62. The molecule has 0 atom stereocenters. The van der Waals surface area contributed by atoms with Crippen molar-refractivity contribution in [3.05, 3.63) is 23.8 Å². The predicted molar refractivity (Wildman–Crippen MR) is 58.7 cm³/mol. The molecule has 0 saturated carbocycles. The van der Waals surface area contributed by atoms with E-state index < -0.39 is 0 Å². The second-order valence-corrected chi connectivity index (χ2v) is 4.06. The number of fused-ring (bicyclic) bond motifs is 1. The Morgan fingerprint density at radius 1 is 1.13 bits per heavy atom. The summed E-state index contributed by atoms with van der Waals surface area (Å²) >= 11 is 0. The molecule has 1 aliphatic heterocycles. The van der Waals surface area contributed by atoms with Crippen molar-refractivity contribution in [1.82, 2.24) is 20.7 Å². The minimum atomic E-state index is 0.639. The number of aromatic nitrogens is 3. The van der Waals surface area contributed by atoms with Gasteiger partial charge in [0.2, 0.25) is 0 Å². The highest BCUT2D eigenvalue weighted by Gasteiger charge is 2.18. The van der Waals surface area contributed by atoms with Crippen LogP contribution < -0.4 is 5.32 Å². The zero-order valence-corrected chi connectivity index (χ0v) is 8.53. The maximum Gasteiger partial charge on any atom is 0.116 e. The third kappa shape index (κ3) is 1.51. The highest BCUT2D eigenvalue weighted by atomic mass is 15.3. The average molecular weight is 202 g/mol. The molecule has 4 heteroatoms. The van der Waals surface area contributed by atoms with Crippen molar-refractivity contribution < 1.29 is 0 Å². The summed E-state index contributed by atoms with van der Waals surface area (Å²) in [5, 5.41) is 14.4. The van der Waals surface area contributed by atoms with Crippen LogP contribution >= 0.6 is 0 Å². The topological polar surface area (TPSA) is 53.6 Å². The van der Waals surface area contributed by atoms with Crippen molar-refractivity contribution in [2.75, 3.05) is 13.1 Å². The maximum absolute atomic E-state index is 4.24. The molecule has 0 amide bonds. The van der Waals surface area contributed by atoms with Crippen LogP contribution in [-0.2, 0) is 0 Å². The van der Waals surface area contributed by atoms with Gasteiger partial charge >= 0.3 is 0 Å². The number of benzene rings is 1. The number of hydrogen-bond donors (Lipinski definition) is 2. The zero-order chi connectivity index (χ0) is 10.1. The molecule has 0 radical (unpaired) electrons. The summed E-state index contributed by atoms with van der Waals surface area (Å²) in [4.78, 5) is 0. The van der Waals surface area contributed by atoms with E-state index in [0.29, 0.717) is 5.92 Å². The molecular formula is C11H14N4. The molecule has 78 valence electrons. The van der Waals surface area contributed by atoms with Gasteiger partial charge in [0.25, 0.3) is 0 Å². The number of aromatic amines is 1. The van der Waals surface area contributed by atoms with E-state index in [0.717, 1.165) is 24.1 Å². The summed E-state index contributed by atoms with van der Waals surface area (Å²) in [6.45, 7) is 2.22. The van der Waals surface area contributed by atoms with Crippen molar-refractivity contribution in [1.29, 1.82) is 0 Å². The first kappa shape index (κ1) is 8.85. The summed E-state index contributed by atoms with van der Waals surface area (Å²) in [7, 11) is 0. The fraction of sp³-hybridized carbons (Fsp3) is 0.455. The molecule has 0 bridgehead atoms. The third-order valence-corrected chi connectivity index (χ3v) is 3.16. The number of piperidine rings is 1. The van der Waals surface area contributed by atoms with Gasteiger partial charge in [-0.25, -0.2) is 0 Å². The molecule has 0 spiro atoms. The van der Waals surface area contributed by atoms with Crippen LogP contribution in [0, 0.1) is 0 Å². The summed E-state index contributed by atoms with van der Waals surface area (Å²) in [6.07, 6.45) is 2.40. The van der Waals surface area contributed by atoms with Gasteiger partial charge in [-0.15, -0.1) is 0 Å². The molecule has 0 aliphatic carbocycles. The molecule has 1 aromatic carbocycles. The highest BCUT2D eigenvalue weighted by molar-refractivity contribution is 5.77. The predicted octanol–water partition coefficient (Wildman–Crippen LogP) is 1.42. The Morgan fingerprint density at radius 2 is 2.00 bits per heavy atom. The van der Waals surface area contributed by atoms with Crippen LogP contribution in [0.1, 0.15) is 24.3 Å². The number of hydrogen-bond acceptors (Lipinski definition) is 3. The molecule has 2 N–H and O–H groups in total. The van der Waals surface area contributed by atoms with E-state index in [1.807, 2.05) is 6.07 Å². The molecule has 3 rings (SSSR count). The van der Waals surface area contributed by atoms with E-state index in [9.17, 15) is 0 Å². The molecule has 2 aromatic rings. The average Bonchev–Trinajstić information content (AvgIpc) is 2.78. The summed E-state index contributed by atoms with van der Waals surface area (Å²) in [5.41, 5.74) is 3.37. The fourth-order valence-corrected chi connectivity index (χ4v) is 2.35. The van der Waals surface area contributed by atoms with E-state index in [-0.39, 0.29) is 0 Å². The minimum absolute atomic E-state index is 0.639. The second-order valence-electron chi connectivity index (χ2n) is 4.06. The van der Waals surface area contributed by atoms with Crippen LogP contribution in [0.2, 0.25) is 0 Å².